The Morgan fingerprint density at radius 1 is 0.920 bits per heavy atom. The van der Waals surface area contributed by atoms with Crippen LogP contribution in [-0.2, 0) is 9.53 Å². The molecule has 0 amide bonds. The van der Waals surface area contributed by atoms with Crippen molar-refractivity contribution in [2.24, 2.45) is 11.3 Å². The molecule has 0 aromatic rings. The maximum absolute atomic E-state index is 13.6. The summed E-state index contributed by atoms with van der Waals surface area (Å²) in [7, 11) is 0. The fourth-order valence-electron chi connectivity index (χ4n) is 1.75. The van der Waals surface area contributed by atoms with Crippen molar-refractivity contribution in [1.82, 2.24) is 0 Å². The van der Waals surface area contributed by atoms with Gasteiger partial charge in [0.25, 0.3) is 0 Å². The molecule has 0 N–H and O–H groups in total. The third kappa shape index (κ3) is 5.16. The van der Waals surface area contributed by atoms with E-state index in [2.05, 4.69) is 4.74 Å². The predicted octanol–water partition coefficient (Wildman–Crippen LogP) is 5.46. The predicted molar refractivity (Wildman–Crippen MR) is 69.7 cm³/mol. The minimum atomic E-state index is -6.92. The number of esters is 1. The highest BCUT2D eigenvalue weighted by atomic mass is 19.4. The van der Waals surface area contributed by atoms with E-state index in [1.165, 1.54) is 6.92 Å². The largest absolute Gasteiger partial charge is 0.465 e. The van der Waals surface area contributed by atoms with Crippen LogP contribution in [0.4, 0.5) is 39.5 Å². The molecule has 0 radical (unpaired) electrons. The lowest BCUT2D eigenvalue weighted by molar-refractivity contribution is -0.399. The van der Waals surface area contributed by atoms with Crippen molar-refractivity contribution in [2.45, 2.75) is 64.5 Å². The molecule has 0 rings (SSSR count). The van der Waals surface area contributed by atoms with Crippen LogP contribution in [0.15, 0.2) is 0 Å². The second-order valence-electron chi connectivity index (χ2n) is 6.61. The Morgan fingerprint density at radius 2 is 1.36 bits per heavy atom. The zero-order valence-electron chi connectivity index (χ0n) is 13.9. The zero-order chi connectivity index (χ0) is 20.5. The molecule has 2 nitrogen and oxygen atoms in total. The summed E-state index contributed by atoms with van der Waals surface area (Å²) in [5.74, 6) is -20.7. The number of rotatable bonds is 8. The maximum atomic E-state index is 13.6. The molecular weight excluding hydrogens is 371 g/mol. The van der Waals surface area contributed by atoms with Crippen LogP contribution in [0.25, 0.3) is 0 Å². The number of hydrogen-bond acceptors (Lipinski definition) is 2. The third-order valence-electron chi connectivity index (χ3n) is 3.53. The summed E-state index contributed by atoms with van der Waals surface area (Å²) in [6.07, 6.45) is -8.56. The van der Waals surface area contributed by atoms with Crippen LogP contribution in [-0.4, -0.2) is 36.5 Å². The van der Waals surface area contributed by atoms with Crippen LogP contribution < -0.4 is 0 Å². The highest BCUT2D eigenvalue weighted by Crippen LogP contribution is 2.55. The van der Waals surface area contributed by atoms with Gasteiger partial charge in [-0.05, 0) is 6.42 Å². The molecule has 0 aromatic carbocycles. The van der Waals surface area contributed by atoms with E-state index in [4.69, 9.17) is 0 Å². The second kappa shape index (κ2) is 7.22. The Balaban J connectivity index is 5.30. The number of carbonyl (C=O) groups is 1. The van der Waals surface area contributed by atoms with E-state index in [-0.39, 0.29) is 0 Å². The van der Waals surface area contributed by atoms with Crippen LogP contribution >= 0.6 is 0 Å². The lowest BCUT2D eigenvalue weighted by Crippen LogP contribution is -2.61. The normalized spacial score (nSPS) is 15.9. The van der Waals surface area contributed by atoms with Gasteiger partial charge in [-0.15, -0.1) is 0 Å². The first-order valence-electron chi connectivity index (χ1n) is 7.19. The number of alkyl halides is 9. The molecule has 0 aliphatic rings. The summed E-state index contributed by atoms with van der Waals surface area (Å²) in [6, 6.07) is 0. The minimum Gasteiger partial charge on any atom is -0.465 e. The quantitative estimate of drug-likeness (QED) is 0.406. The summed E-state index contributed by atoms with van der Waals surface area (Å²) in [5, 5.41) is 0. The Kier molecular flexibility index (Phi) is 6.89. The highest BCUT2D eigenvalue weighted by molar-refractivity contribution is 5.71. The molecular formula is C14H19F9O2. The molecule has 150 valence electrons. The van der Waals surface area contributed by atoms with E-state index in [0.29, 0.717) is 6.42 Å². The standard InChI is InChI=1S/C14H19F9O2/c1-5-8(2)9(24)25-7-10(3,4)6-11(15,16)12(17,18)13(19,20)14(21,22)23/h8H,5-7H2,1-4H3. The van der Waals surface area contributed by atoms with Gasteiger partial charge in [0, 0.05) is 11.8 Å². The highest BCUT2D eigenvalue weighted by Gasteiger charge is 2.81. The summed E-state index contributed by atoms with van der Waals surface area (Å²) in [6.45, 7) is 3.98. The van der Waals surface area contributed by atoms with Crippen molar-refractivity contribution in [2.75, 3.05) is 6.61 Å². The van der Waals surface area contributed by atoms with Gasteiger partial charge in [-0.3, -0.25) is 4.79 Å². The summed E-state index contributed by atoms with van der Waals surface area (Å²) < 4.78 is 120. The first-order valence-corrected chi connectivity index (χ1v) is 7.19. The molecule has 0 aliphatic heterocycles. The van der Waals surface area contributed by atoms with E-state index in [1.54, 1.807) is 6.92 Å². The number of halogens is 9. The number of hydrogen-bond donors (Lipinski definition) is 0. The molecule has 0 aliphatic carbocycles. The van der Waals surface area contributed by atoms with Crippen LogP contribution in [0.2, 0.25) is 0 Å². The van der Waals surface area contributed by atoms with Crippen molar-refractivity contribution in [3.8, 4) is 0 Å². The Labute approximate surface area is 138 Å². The first kappa shape index (κ1) is 23.8. The molecule has 0 fully saturated rings. The van der Waals surface area contributed by atoms with Gasteiger partial charge >= 0.3 is 29.9 Å². The van der Waals surface area contributed by atoms with Crippen molar-refractivity contribution in [3.63, 3.8) is 0 Å². The first-order chi connectivity index (χ1) is 10.8. The third-order valence-corrected chi connectivity index (χ3v) is 3.53. The molecule has 0 spiro atoms. The molecule has 0 bridgehead atoms. The average molecular weight is 390 g/mol. The topological polar surface area (TPSA) is 26.3 Å². The van der Waals surface area contributed by atoms with Gasteiger partial charge in [-0.25, -0.2) is 0 Å². The van der Waals surface area contributed by atoms with Gasteiger partial charge in [0.05, 0.1) is 12.5 Å². The van der Waals surface area contributed by atoms with Crippen molar-refractivity contribution >= 4 is 5.97 Å². The fraction of sp³-hybridized carbons (Fsp3) is 0.929. The molecule has 25 heavy (non-hydrogen) atoms. The second-order valence-corrected chi connectivity index (χ2v) is 6.61. The van der Waals surface area contributed by atoms with E-state index in [9.17, 15) is 44.3 Å². The Bertz CT molecular complexity index is 469. The summed E-state index contributed by atoms with van der Waals surface area (Å²) in [5.41, 5.74) is -1.97. The van der Waals surface area contributed by atoms with Crippen LogP contribution in [0.3, 0.4) is 0 Å². The summed E-state index contributed by atoms with van der Waals surface area (Å²) in [4.78, 5) is 11.4. The van der Waals surface area contributed by atoms with Gasteiger partial charge in [-0.2, -0.15) is 39.5 Å². The SMILES string of the molecule is CCC(C)C(=O)OCC(C)(C)CC(F)(F)C(F)(F)C(F)(F)C(F)(F)F. The van der Waals surface area contributed by atoms with Gasteiger partial charge in [0.2, 0.25) is 0 Å². The number of ether oxygens (including phenoxy) is 1. The van der Waals surface area contributed by atoms with Gasteiger partial charge < -0.3 is 4.74 Å². The monoisotopic (exact) mass is 390 g/mol. The maximum Gasteiger partial charge on any atom is 0.460 e. The van der Waals surface area contributed by atoms with E-state index < -0.39 is 54.3 Å². The van der Waals surface area contributed by atoms with E-state index in [0.717, 1.165) is 13.8 Å². The van der Waals surface area contributed by atoms with Crippen molar-refractivity contribution in [3.05, 3.63) is 0 Å². The van der Waals surface area contributed by atoms with Gasteiger partial charge in [0.1, 0.15) is 0 Å². The van der Waals surface area contributed by atoms with Crippen LogP contribution in [0, 0.1) is 11.3 Å². The minimum absolute atomic E-state index is 0.339. The molecule has 0 saturated carbocycles. The lowest BCUT2D eigenvalue weighted by atomic mass is 9.83. The van der Waals surface area contributed by atoms with E-state index >= 15 is 0 Å². The van der Waals surface area contributed by atoms with Crippen LogP contribution in [0.5, 0.6) is 0 Å². The molecule has 0 saturated heterocycles. The van der Waals surface area contributed by atoms with Crippen LogP contribution in [0.1, 0.15) is 40.5 Å². The van der Waals surface area contributed by atoms with Gasteiger partial charge in [0.15, 0.2) is 0 Å². The molecule has 0 heterocycles. The molecule has 11 heteroatoms. The lowest BCUT2D eigenvalue weighted by Gasteiger charge is -2.37. The average Bonchev–Trinajstić information content (AvgIpc) is 2.41. The number of carbonyl (C=O) groups excluding carboxylic acids is 1. The van der Waals surface area contributed by atoms with Gasteiger partial charge in [-0.1, -0.05) is 27.7 Å². The summed E-state index contributed by atoms with van der Waals surface area (Å²) >= 11 is 0. The fourth-order valence-corrected chi connectivity index (χ4v) is 1.75. The smallest absolute Gasteiger partial charge is 0.460 e. The molecule has 0 aromatic heterocycles. The van der Waals surface area contributed by atoms with Crippen molar-refractivity contribution in [1.29, 1.82) is 0 Å². The zero-order valence-corrected chi connectivity index (χ0v) is 13.9. The Hall–Kier alpha value is -1.16. The van der Waals surface area contributed by atoms with E-state index in [1.807, 2.05) is 0 Å². The van der Waals surface area contributed by atoms with Crippen molar-refractivity contribution < 1.29 is 49.0 Å². The molecule has 1 unspecified atom stereocenters. The molecule has 1 atom stereocenters. The Morgan fingerprint density at radius 3 is 1.72 bits per heavy atom.